The molecule has 0 aliphatic heterocycles. The summed E-state index contributed by atoms with van der Waals surface area (Å²) < 4.78 is 0. The van der Waals surface area contributed by atoms with Gasteiger partial charge in [-0.05, 0) is 49.9 Å². The Balaban J connectivity index is 1.69. The van der Waals surface area contributed by atoms with Crippen molar-refractivity contribution in [3.63, 3.8) is 0 Å². The van der Waals surface area contributed by atoms with E-state index in [0.717, 1.165) is 4.90 Å². The molecule has 0 atom stereocenters. The number of rotatable bonds is 7. The van der Waals surface area contributed by atoms with Crippen molar-refractivity contribution in [3.8, 4) is 0 Å². The molecule has 1 aliphatic carbocycles. The van der Waals surface area contributed by atoms with E-state index in [1.54, 1.807) is 11.8 Å². The van der Waals surface area contributed by atoms with Gasteiger partial charge in [0.15, 0.2) is 0 Å². The standard InChI is InChI=1S/C16H21NO3S/c1-11-3-4-13(9-12(11)2)21-8-5-14(18)17-10-16(6-7-16)15(19)20/h3-4,9H,5-8,10H2,1-2H3,(H,17,18)(H,19,20). The molecule has 2 N–H and O–H groups in total. The van der Waals surface area contributed by atoms with E-state index in [1.807, 2.05) is 0 Å². The zero-order chi connectivity index (χ0) is 15.5. The minimum absolute atomic E-state index is 0.0705. The molecule has 0 saturated heterocycles. The van der Waals surface area contributed by atoms with Gasteiger partial charge in [-0.2, -0.15) is 0 Å². The number of thioether (sulfide) groups is 1. The number of carboxylic acids is 1. The molecule has 1 amide bonds. The summed E-state index contributed by atoms with van der Waals surface area (Å²) in [5.41, 5.74) is 1.83. The van der Waals surface area contributed by atoms with E-state index in [-0.39, 0.29) is 12.5 Å². The molecule has 0 unspecified atom stereocenters. The van der Waals surface area contributed by atoms with Crippen molar-refractivity contribution in [1.82, 2.24) is 5.32 Å². The second-order valence-corrected chi connectivity index (χ2v) is 6.88. The van der Waals surface area contributed by atoms with Gasteiger partial charge in [0.25, 0.3) is 0 Å². The molecule has 0 heterocycles. The van der Waals surface area contributed by atoms with Gasteiger partial charge >= 0.3 is 5.97 Å². The number of carbonyl (C=O) groups is 2. The Labute approximate surface area is 129 Å². The molecule has 1 aromatic carbocycles. The largest absolute Gasteiger partial charge is 0.481 e. The van der Waals surface area contributed by atoms with Crippen molar-refractivity contribution >= 4 is 23.6 Å². The lowest BCUT2D eigenvalue weighted by molar-refractivity contribution is -0.143. The van der Waals surface area contributed by atoms with Crippen LogP contribution in [0.15, 0.2) is 23.1 Å². The van der Waals surface area contributed by atoms with Crippen molar-refractivity contribution in [2.45, 2.75) is 38.0 Å². The zero-order valence-corrected chi connectivity index (χ0v) is 13.3. The summed E-state index contributed by atoms with van der Waals surface area (Å²) in [4.78, 5) is 23.9. The molecule has 21 heavy (non-hydrogen) atoms. The number of amides is 1. The SMILES string of the molecule is Cc1ccc(SCCC(=O)NCC2(C(=O)O)CC2)cc1C. The second kappa shape index (κ2) is 6.52. The average Bonchev–Trinajstić information content (AvgIpc) is 3.22. The minimum atomic E-state index is -0.799. The lowest BCUT2D eigenvalue weighted by atomic mass is 10.1. The summed E-state index contributed by atoms with van der Waals surface area (Å²) in [5, 5.41) is 11.8. The summed E-state index contributed by atoms with van der Waals surface area (Å²) in [6, 6.07) is 6.28. The Morgan fingerprint density at radius 3 is 2.57 bits per heavy atom. The predicted molar refractivity (Wildman–Crippen MR) is 83.6 cm³/mol. The van der Waals surface area contributed by atoms with E-state index >= 15 is 0 Å². The van der Waals surface area contributed by atoms with Crippen LogP contribution in [0.5, 0.6) is 0 Å². The molecule has 0 bridgehead atoms. The quantitative estimate of drug-likeness (QED) is 0.760. The number of benzene rings is 1. The molecule has 1 saturated carbocycles. The van der Waals surface area contributed by atoms with Gasteiger partial charge in [0.05, 0.1) is 5.41 Å². The molecule has 2 rings (SSSR count). The lowest BCUT2D eigenvalue weighted by Crippen LogP contribution is -2.34. The molecule has 4 nitrogen and oxygen atoms in total. The number of nitrogens with one attached hydrogen (secondary N) is 1. The van der Waals surface area contributed by atoms with Gasteiger partial charge in [0.2, 0.25) is 5.91 Å². The highest BCUT2D eigenvalue weighted by atomic mass is 32.2. The van der Waals surface area contributed by atoms with Crippen LogP contribution in [0.1, 0.15) is 30.4 Å². The smallest absolute Gasteiger partial charge is 0.311 e. The first-order valence-electron chi connectivity index (χ1n) is 7.13. The third kappa shape index (κ3) is 4.24. The Hall–Kier alpha value is -1.49. The van der Waals surface area contributed by atoms with Crippen LogP contribution in [0.25, 0.3) is 0 Å². The molecule has 0 spiro atoms. The van der Waals surface area contributed by atoms with Gasteiger partial charge in [0, 0.05) is 23.6 Å². The minimum Gasteiger partial charge on any atom is -0.481 e. The second-order valence-electron chi connectivity index (χ2n) is 5.71. The highest BCUT2D eigenvalue weighted by Gasteiger charge is 2.50. The van der Waals surface area contributed by atoms with Gasteiger partial charge in [0.1, 0.15) is 0 Å². The summed E-state index contributed by atoms with van der Waals surface area (Å²) in [5.74, 6) is -0.167. The Morgan fingerprint density at radius 1 is 1.29 bits per heavy atom. The van der Waals surface area contributed by atoms with E-state index in [9.17, 15) is 9.59 Å². The van der Waals surface area contributed by atoms with Crippen LogP contribution < -0.4 is 5.32 Å². The fraction of sp³-hybridized carbons (Fsp3) is 0.500. The first-order chi connectivity index (χ1) is 9.93. The van der Waals surface area contributed by atoms with Crippen molar-refractivity contribution in [3.05, 3.63) is 29.3 Å². The van der Waals surface area contributed by atoms with E-state index in [4.69, 9.17) is 5.11 Å². The van der Waals surface area contributed by atoms with Gasteiger partial charge < -0.3 is 10.4 Å². The fourth-order valence-electron chi connectivity index (χ4n) is 2.04. The third-order valence-corrected chi connectivity index (χ3v) is 5.00. The number of aliphatic carboxylic acids is 1. The van der Waals surface area contributed by atoms with Crippen LogP contribution in [-0.4, -0.2) is 29.3 Å². The molecule has 1 aromatic rings. The first kappa shape index (κ1) is 15.9. The van der Waals surface area contributed by atoms with Gasteiger partial charge in [-0.1, -0.05) is 6.07 Å². The van der Waals surface area contributed by atoms with Crippen molar-refractivity contribution in [2.75, 3.05) is 12.3 Å². The number of hydrogen-bond donors (Lipinski definition) is 2. The van der Waals surface area contributed by atoms with Gasteiger partial charge in [-0.25, -0.2) is 0 Å². The van der Waals surface area contributed by atoms with Crippen molar-refractivity contribution in [1.29, 1.82) is 0 Å². The van der Waals surface area contributed by atoms with Crippen LogP contribution in [0, 0.1) is 19.3 Å². The zero-order valence-electron chi connectivity index (χ0n) is 12.4. The van der Waals surface area contributed by atoms with Gasteiger partial charge in [-0.15, -0.1) is 11.8 Å². The van der Waals surface area contributed by atoms with E-state index in [2.05, 4.69) is 37.4 Å². The molecule has 1 aliphatic rings. The molecule has 0 radical (unpaired) electrons. The molecule has 114 valence electrons. The Morgan fingerprint density at radius 2 is 2.00 bits per heavy atom. The monoisotopic (exact) mass is 307 g/mol. The fourth-order valence-corrected chi connectivity index (χ4v) is 2.99. The maximum absolute atomic E-state index is 11.7. The van der Waals surface area contributed by atoms with Crippen LogP contribution in [0.3, 0.4) is 0 Å². The molecule has 0 aromatic heterocycles. The van der Waals surface area contributed by atoms with Crippen LogP contribution in [-0.2, 0) is 9.59 Å². The topological polar surface area (TPSA) is 66.4 Å². The first-order valence-corrected chi connectivity index (χ1v) is 8.12. The van der Waals surface area contributed by atoms with Crippen LogP contribution >= 0.6 is 11.8 Å². The molecule has 5 heteroatoms. The average molecular weight is 307 g/mol. The number of hydrogen-bond acceptors (Lipinski definition) is 3. The number of aryl methyl sites for hydroxylation is 2. The van der Waals surface area contributed by atoms with E-state index in [1.165, 1.54) is 11.1 Å². The van der Waals surface area contributed by atoms with Gasteiger partial charge in [-0.3, -0.25) is 9.59 Å². The van der Waals surface area contributed by atoms with Crippen LogP contribution in [0.2, 0.25) is 0 Å². The number of carboxylic acid groups (broad SMARTS) is 1. The van der Waals surface area contributed by atoms with Crippen molar-refractivity contribution < 1.29 is 14.7 Å². The summed E-state index contributed by atoms with van der Waals surface area (Å²) in [6.07, 6.45) is 1.74. The highest BCUT2D eigenvalue weighted by Crippen LogP contribution is 2.45. The molecular formula is C16H21NO3S. The van der Waals surface area contributed by atoms with E-state index in [0.29, 0.717) is 25.0 Å². The molecule has 1 fully saturated rings. The third-order valence-electron chi connectivity index (χ3n) is 4.01. The summed E-state index contributed by atoms with van der Waals surface area (Å²) in [7, 11) is 0. The number of carbonyl (C=O) groups excluding carboxylic acids is 1. The Bertz CT molecular complexity index is 552. The van der Waals surface area contributed by atoms with Crippen LogP contribution in [0.4, 0.5) is 0 Å². The highest BCUT2D eigenvalue weighted by molar-refractivity contribution is 7.99. The summed E-state index contributed by atoms with van der Waals surface area (Å²) in [6.45, 7) is 4.41. The normalized spacial score (nSPS) is 15.5. The van der Waals surface area contributed by atoms with E-state index < -0.39 is 11.4 Å². The Kier molecular flexibility index (Phi) is 4.93. The predicted octanol–water partition coefficient (Wildman–Crippen LogP) is 2.77. The van der Waals surface area contributed by atoms with Crippen molar-refractivity contribution in [2.24, 2.45) is 5.41 Å². The summed E-state index contributed by atoms with van der Waals surface area (Å²) >= 11 is 1.65. The lowest BCUT2D eigenvalue weighted by Gasteiger charge is -2.11. The maximum atomic E-state index is 11.7. The maximum Gasteiger partial charge on any atom is 0.311 e. The molecular weight excluding hydrogens is 286 g/mol.